The van der Waals surface area contributed by atoms with Crippen LogP contribution in [0.4, 0.5) is 0 Å². The van der Waals surface area contributed by atoms with Crippen molar-refractivity contribution in [3.63, 3.8) is 0 Å². The topological polar surface area (TPSA) is 40.6 Å². The number of piperazine rings is 1. The summed E-state index contributed by atoms with van der Waals surface area (Å²) in [5.41, 5.74) is 0.801. The summed E-state index contributed by atoms with van der Waals surface area (Å²) in [6.07, 6.45) is 0. The standard InChI is InChI=1S/C11H17ClN2O2S2/c1-9-8-17-10(7-12)11(9)18(15,16)14-5-3-13(2)4-6-14/h8H,3-7H2,1-2H3. The number of thiophene rings is 1. The van der Waals surface area contributed by atoms with Crippen LogP contribution in [0.2, 0.25) is 0 Å². The van der Waals surface area contributed by atoms with Crippen molar-refractivity contribution in [1.29, 1.82) is 0 Å². The molecule has 102 valence electrons. The number of hydrogen-bond acceptors (Lipinski definition) is 4. The predicted molar refractivity (Wildman–Crippen MR) is 74.9 cm³/mol. The van der Waals surface area contributed by atoms with E-state index in [-0.39, 0.29) is 5.88 Å². The molecule has 1 aliphatic rings. The highest BCUT2D eigenvalue weighted by Gasteiger charge is 2.31. The molecule has 1 saturated heterocycles. The van der Waals surface area contributed by atoms with Gasteiger partial charge in [-0.25, -0.2) is 8.42 Å². The van der Waals surface area contributed by atoms with E-state index in [1.165, 1.54) is 11.3 Å². The molecule has 1 aromatic rings. The highest BCUT2D eigenvalue weighted by molar-refractivity contribution is 7.89. The maximum atomic E-state index is 12.6. The van der Waals surface area contributed by atoms with Crippen molar-refractivity contribution >= 4 is 33.0 Å². The van der Waals surface area contributed by atoms with E-state index < -0.39 is 10.0 Å². The summed E-state index contributed by atoms with van der Waals surface area (Å²) in [6, 6.07) is 0. The summed E-state index contributed by atoms with van der Waals surface area (Å²) >= 11 is 7.25. The van der Waals surface area contributed by atoms with Gasteiger partial charge in [0.1, 0.15) is 4.90 Å². The average molecular weight is 309 g/mol. The minimum Gasteiger partial charge on any atom is -0.304 e. The lowest BCUT2D eigenvalue weighted by atomic mass is 10.3. The van der Waals surface area contributed by atoms with E-state index in [0.717, 1.165) is 23.5 Å². The molecule has 4 nitrogen and oxygen atoms in total. The van der Waals surface area contributed by atoms with Gasteiger partial charge in [0, 0.05) is 31.1 Å². The Hall–Kier alpha value is -0.140. The largest absolute Gasteiger partial charge is 0.304 e. The highest BCUT2D eigenvalue weighted by Crippen LogP contribution is 2.31. The van der Waals surface area contributed by atoms with Crippen LogP contribution < -0.4 is 0 Å². The summed E-state index contributed by atoms with van der Waals surface area (Å²) < 4.78 is 26.8. The van der Waals surface area contributed by atoms with Crippen LogP contribution >= 0.6 is 22.9 Å². The normalized spacial score (nSPS) is 19.3. The van der Waals surface area contributed by atoms with Crippen molar-refractivity contribution in [3.05, 3.63) is 15.8 Å². The number of rotatable bonds is 3. The smallest absolute Gasteiger partial charge is 0.244 e. The third kappa shape index (κ3) is 2.58. The molecule has 0 bridgehead atoms. The molecule has 18 heavy (non-hydrogen) atoms. The number of alkyl halides is 1. The van der Waals surface area contributed by atoms with Crippen LogP contribution in [0.1, 0.15) is 10.4 Å². The van der Waals surface area contributed by atoms with Crippen LogP contribution in [0.25, 0.3) is 0 Å². The molecule has 0 spiro atoms. The third-order valence-electron chi connectivity index (χ3n) is 3.17. The first kappa shape index (κ1) is 14.3. The zero-order valence-corrected chi connectivity index (χ0v) is 12.9. The molecular formula is C11H17ClN2O2S2. The first-order chi connectivity index (χ1) is 8.46. The lowest BCUT2D eigenvalue weighted by Gasteiger charge is -2.31. The SMILES string of the molecule is Cc1csc(CCl)c1S(=O)(=O)N1CCN(C)CC1. The molecule has 1 fully saturated rings. The van der Waals surface area contributed by atoms with E-state index in [0.29, 0.717) is 18.0 Å². The van der Waals surface area contributed by atoms with Crippen molar-refractivity contribution < 1.29 is 8.42 Å². The van der Waals surface area contributed by atoms with Crippen molar-refractivity contribution in [2.45, 2.75) is 17.7 Å². The van der Waals surface area contributed by atoms with Gasteiger partial charge in [-0.3, -0.25) is 0 Å². The minimum atomic E-state index is -3.38. The van der Waals surface area contributed by atoms with E-state index in [1.54, 1.807) is 4.31 Å². The Morgan fingerprint density at radius 2 is 1.94 bits per heavy atom. The molecule has 2 rings (SSSR count). The molecule has 1 aliphatic heterocycles. The maximum Gasteiger partial charge on any atom is 0.244 e. The molecule has 0 N–H and O–H groups in total. The van der Waals surface area contributed by atoms with Crippen molar-refractivity contribution in [1.82, 2.24) is 9.21 Å². The zero-order chi connectivity index (χ0) is 13.3. The van der Waals surface area contributed by atoms with E-state index in [1.807, 2.05) is 19.4 Å². The van der Waals surface area contributed by atoms with Gasteiger partial charge < -0.3 is 4.90 Å². The van der Waals surface area contributed by atoms with Gasteiger partial charge in [0.25, 0.3) is 0 Å². The number of hydrogen-bond donors (Lipinski definition) is 0. The Labute approximate surface area is 117 Å². The van der Waals surface area contributed by atoms with Crippen LogP contribution in [0, 0.1) is 6.92 Å². The summed E-state index contributed by atoms with van der Waals surface area (Å²) in [6.45, 7) is 4.48. The molecule has 0 atom stereocenters. The van der Waals surface area contributed by atoms with E-state index in [9.17, 15) is 8.42 Å². The van der Waals surface area contributed by atoms with Gasteiger partial charge >= 0.3 is 0 Å². The fraction of sp³-hybridized carbons (Fsp3) is 0.636. The molecular weight excluding hydrogens is 292 g/mol. The lowest BCUT2D eigenvalue weighted by Crippen LogP contribution is -2.47. The van der Waals surface area contributed by atoms with Crippen LogP contribution in [-0.4, -0.2) is 50.8 Å². The fourth-order valence-electron chi connectivity index (χ4n) is 2.08. The van der Waals surface area contributed by atoms with Gasteiger partial charge in [-0.15, -0.1) is 22.9 Å². The van der Waals surface area contributed by atoms with Crippen LogP contribution in [0.5, 0.6) is 0 Å². The van der Waals surface area contributed by atoms with Crippen LogP contribution in [0.3, 0.4) is 0 Å². The van der Waals surface area contributed by atoms with E-state index in [4.69, 9.17) is 11.6 Å². The number of aryl methyl sites for hydroxylation is 1. The fourth-order valence-corrected chi connectivity index (χ4v) is 5.52. The molecule has 0 aromatic carbocycles. The molecule has 0 amide bonds. The Bertz CT molecular complexity index is 519. The van der Waals surface area contributed by atoms with Gasteiger partial charge in [0.05, 0.1) is 5.88 Å². The first-order valence-electron chi connectivity index (χ1n) is 5.78. The molecule has 1 aromatic heterocycles. The molecule has 2 heterocycles. The summed E-state index contributed by atoms with van der Waals surface area (Å²) in [7, 11) is -1.38. The quantitative estimate of drug-likeness (QED) is 0.799. The first-order valence-corrected chi connectivity index (χ1v) is 8.64. The van der Waals surface area contributed by atoms with Crippen LogP contribution in [0.15, 0.2) is 10.3 Å². The summed E-state index contributed by atoms with van der Waals surface area (Å²) in [5, 5.41) is 1.86. The Morgan fingerprint density at radius 3 is 2.50 bits per heavy atom. The summed E-state index contributed by atoms with van der Waals surface area (Å²) in [5.74, 6) is 0.251. The van der Waals surface area contributed by atoms with Gasteiger partial charge in [-0.05, 0) is 24.9 Å². The van der Waals surface area contributed by atoms with Crippen LogP contribution in [-0.2, 0) is 15.9 Å². The Morgan fingerprint density at radius 1 is 1.33 bits per heavy atom. The molecule has 0 aliphatic carbocycles. The minimum absolute atomic E-state index is 0.251. The second-order valence-corrected chi connectivity index (χ2v) is 7.62. The van der Waals surface area contributed by atoms with E-state index >= 15 is 0 Å². The Balaban J connectivity index is 2.33. The van der Waals surface area contributed by atoms with Gasteiger partial charge in [-0.1, -0.05) is 0 Å². The maximum absolute atomic E-state index is 12.6. The van der Waals surface area contributed by atoms with Gasteiger partial charge in [-0.2, -0.15) is 4.31 Å². The van der Waals surface area contributed by atoms with Gasteiger partial charge in [0.2, 0.25) is 10.0 Å². The lowest BCUT2D eigenvalue weighted by molar-refractivity contribution is 0.222. The molecule has 0 radical (unpaired) electrons. The monoisotopic (exact) mass is 308 g/mol. The molecule has 0 saturated carbocycles. The molecule has 7 heteroatoms. The second-order valence-electron chi connectivity index (χ2n) is 4.51. The van der Waals surface area contributed by atoms with Crippen molar-refractivity contribution in [3.8, 4) is 0 Å². The number of nitrogens with zero attached hydrogens (tertiary/aromatic N) is 2. The van der Waals surface area contributed by atoms with Gasteiger partial charge in [0.15, 0.2) is 0 Å². The zero-order valence-electron chi connectivity index (χ0n) is 10.5. The van der Waals surface area contributed by atoms with Crippen molar-refractivity contribution in [2.24, 2.45) is 0 Å². The number of halogens is 1. The second kappa shape index (κ2) is 5.46. The number of likely N-dealkylation sites (N-methyl/N-ethyl adjacent to an activating group) is 1. The highest BCUT2D eigenvalue weighted by atomic mass is 35.5. The Kier molecular flexibility index (Phi) is 4.33. The third-order valence-corrected chi connectivity index (χ3v) is 6.96. The van der Waals surface area contributed by atoms with E-state index in [2.05, 4.69) is 4.90 Å². The molecule has 0 unspecified atom stereocenters. The number of sulfonamides is 1. The average Bonchev–Trinajstić information content (AvgIpc) is 2.71. The van der Waals surface area contributed by atoms with Crippen molar-refractivity contribution in [2.75, 3.05) is 33.2 Å². The summed E-state index contributed by atoms with van der Waals surface area (Å²) in [4.78, 5) is 3.30. The predicted octanol–water partition coefficient (Wildman–Crippen LogP) is 1.73.